The minimum absolute atomic E-state index is 0.0187. The Morgan fingerprint density at radius 1 is 1.00 bits per heavy atom. The Hall–Kier alpha value is -3.75. The van der Waals surface area contributed by atoms with E-state index in [2.05, 4.69) is 30.6 Å². The summed E-state index contributed by atoms with van der Waals surface area (Å²) in [5.41, 5.74) is 3.34. The van der Waals surface area contributed by atoms with Gasteiger partial charge in [0, 0.05) is 43.1 Å². The molecule has 1 atom stereocenters. The normalized spacial score (nSPS) is 16.0. The Morgan fingerprint density at radius 3 is 2.34 bits per heavy atom. The van der Waals surface area contributed by atoms with Crippen molar-refractivity contribution in [2.45, 2.75) is 33.6 Å². The van der Waals surface area contributed by atoms with Gasteiger partial charge in [-0.1, -0.05) is 0 Å². The molecule has 4 rings (SSSR count). The highest BCUT2D eigenvalue weighted by atomic mass is 16.2. The standard InChI is InChI=1S/C23H27N7O2/c1-15-11-16(2)30(28-15)22-12-21(24-14-25-22)29-10-4-5-18(13-29)23(32)27-20-8-6-19(7-9-20)26-17(3)31/h6-9,11-12,14,18H,4-5,10,13H2,1-3H3,(H,26,31)(H,27,32). The van der Waals surface area contributed by atoms with Crippen LogP contribution in [-0.2, 0) is 9.59 Å². The second kappa shape index (κ2) is 9.17. The highest BCUT2D eigenvalue weighted by Gasteiger charge is 2.27. The largest absolute Gasteiger partial charge is 0.356 e. The fourth-order valence-corrected chi connectivity index (χ4v) is 3.97. The van der Waals surface area contributed by atoms with E-state index in [1.54, 1.807) is 35.3 Å². The number of aromatic nitrogens is 4. The van der Waals surface area contributed by atoms with E-state index in [4.69, 9.17) is 0 Å². The zero-order chi connectivity index (χ0) is 22.7. The molecule has 9 nitrogen and oxygen atoms in total. The summed E-state index contributed by atoms with van der Waals surface area (Å²) in [5.74, 6) is 1.21. The quantitative estimate of drug-likeness (QED) is 0.641. The lowest BCUT2D eigenvalue weighted by Crippen LogP contribution is -2.41. The topological polar surface area (TPSA) is 105 Å². The summed E-state index contributed by atoms with van der Waals surface area (Å²) in [5, 5.41) is 10.2. The van der Waals surface area contributed by atoms with Crippen molar-refractivity contribution in [2.75, 3.05) is 28.6 Å². The zero-order valence-corrected chi connectivity index (χ0v) is 18.5. The number of anilines is 3. The third kappa shape index (κ3) is 4.93. The molecular weight excluding hydrogens is 406 g/mol. The number of rotatable bonds is 5. The zero-order valence-electron chi connectivity index (χ0n) is 18.5. The van der Waals surface area contributed by atoms with Crippen LogP contribution in [0.2, 0.25) is 0 Å². The predicted octanol–water partition coefficient (Wildman–Crippen LogP) is 3.09. The third-order valence-electron chi connectivity index (χ3n) is 5.45. The number of hydrogen-bond donors (Lipinski definition) is 2. The van der Waals surface area contributed by atoms with E-state index in [1.165, 1.54) is 6.92 Å². The third-order valence-corrected chi connectivity index (χ3v) is 5.45. The summed E-state index contributed by atoms with van der Waals surface area (Å²) in [6.45, 7) is 6.83. The number of nitrogens with one attached hydrogen (secondary N) is 2. The van der Waals surface area contributed by atoms with Crippen LogP contribution >= 0.6 is 0 Å². The van der Waals surface area contributed by atoms with Gasteiger partial charge in [0.15, 0.2) is 5.82 Å². The number of benzene rings is 1. The summed E-state index contributed by atoms with van der Waals surface area (Å²) >= 11 is 0. The van der Waals surface area contributed by atoms with Crippen LogP contribution in [0.5, 0.6) is 0 Å². The first-order valence-electron chi connectivity index (χ1n) is 10.7. The maximum Gasteiger partial charge on any atom is 0.229 e. The molecule has 0 aliphatic carbocycles. The van der Waals surface area contributed by atoms with E-state index >= 15 is 0 Å². The summed E-state index contributed by atoms with van der Waals surface area (Å²) in [7, 11) is 0. The molecule has 1 aliphatic heterocycles. The molecule has 2 N–H and O–H groups in total. The second-order valence-corrected chi connectivity index (χ2v) is 8.11. The molecule has 3 heterocycles. The van der Waals surface area contributed by atoms with Crippen LogP contribution in [0.3, 0.4) is 0 Å². The van der Waals surface area contributed by atoms with E-state index in [0.29, 0.717) is 23.7 Å². The van der Waals surface area contributed by atoms with Crippen molar-refractivity contribution in [3.05, 3.63) is 54.1 Å². The second-order valence-electron chi connectivity index (χ2n) is 8.11. The minimum atomic E-state index is -0.147. The number of piperidine rings is 1. The van der Waals surface area contributed by atoms with Crippen LogP contribution in [-0.4, -0.2) is 44.7 Å². The number of carbonyl (C=O) groups is 2. The maximum atomic E-state index is 12.9. The van der Waals surface area contributed by atoms with Gasteiger partial charge in [-0.3, -0.25) is 9.59 Å². The maximum absolute atomic E-state index is 12.9. The van der Waals surface area contributed by atoms with Crippen molar-refractivity contribution in [1.82, 2.24) is 19.7 Å². The van der Waals surface area contributed by atoms with Crippen molar-refractivity contribution in [3.8, 4) is 5.82 Å². The van der Waals surface area contributed by atoms with E-state index in [1.807, 2.05) is 26.0 Å². The number of nitrogens with zero attached hydrogens (tertiary/aromatic N) is 5. The Morgan fingerprint density at radius 2 is 1.69 bits per heavy atom. The molecule has 1 fully saturated rings. The van der Waals surface area contributed by atoms with Crippen LogP contribution in [0, 0.1) is 19.8 Å². The van der Waals surface area contributed by atoms with Gasteiger partial charge in [0.25, 0.3) is 0 Å². The van der Waals surface area contributed by atoms with Gasteiger partial charge in [0.05, 0.1) is 11.6 Å². The van der Waals surface area contributed by atoms with E-state index < -0.39 is 0 Å². The average Bonchev–Trinajstić information content (AvgIpc) is 3.13. The van der Waals surface area contributed by atoms with Crippen molar-refractivity contribution >= 4 is 29.0 Å². The van der Waals surface area contributed by atoms with Crippen LogP contribution in [0.1, 0.15) is 31.2 Å². The smallest absolute Gasteiger partial charge is 0.229 e. The van der Waals surface area contributed by atoms with E-state index in [0.717, 1.165) is 36.6 Å². The summed E-state index contributed by atoms with van der Waals surface area (Å²) in [4.78, 5) is 35.0. The van der Waals surface area contributed by atoms with Gasteiger partial charge in [-0.05, 0) is 57.0 Å². The van der Waals surface area contributed by atoms with Crippen LogP contribution in [0.15, 0.2) is 42.7 Å². The molecule has 0 bridgehead atoms. The molecule has 3 aromatic rings. The molecule has 0 saturated carbocycles. The van der Waals surface area contributed by atoms with Crippen LogP contribution in [0.25, 0.3) is 5.82 Å². The molecule has 1 aliphatic rings. The molecule has 166 valence electrons. The molecular formula is C23H27N7O2. The molecule has 0 radical (unpaired) electrons. The van der Waals surface area contributed by atoms with Crippen molar-refractivity contribution < 1.29 is 9.59 Å². The fourth-order valence-electron chi connectivity index (χ4n) is 3.97. The summed E-state index contributed by atoms with van der Waals surface area (Å²) < 4.78 is 1.80. The molecule has 32 heavy (non-hydrogen) atoms. The molecule has 1 saturated heterocycles. The Labute approximate surface area is 186 Å². The van der Waals surface area contributed by atoms with Crippen LogP contribution in [0.4, 0.5) is 17.2 Å². The number of amides is 2. The predicted molar refractivity (Wildman–Crippen MR) is 123 cm³/mol. The highest BCUT2D eigenvalue weighted by Crippen LogP contribution is 2.24. The molecule has 2 aromatic heterocycles. The van der Waals surface area contributed by atoms with Crippen molar-refractivity contribution in [3.63, 3.8) is 0 Å². The van der Waals surface area contributed by atoms with Crippen molar-refractivity contribution in [1.29, 1.82) is 0 Å². The first-order chi connectivity index (χ1) is 15.4. The Bertz CT molecular complexity index is 1120. The number of aryl methyl sites for hydroxylation is 2. The average molecular weight is 434 g/mol. The highest BCUT2D eigenvalue weighted by molar-refractivity contribution is 5.94. The van der Waals surface area contributed by atoms with Gasteiger partial charge in [-0.25, -0.2) is 14.6 Å². The van der Waals surface area contributed by atoms with Gasteiger partial charge in [0.2, 0.25) is 11.8 Å². The number of carbonyl (C=O) groups excluding carboxylic acids is 2. The lowest BCUT2D eigenvalue weighted by atomic mass is 9.97. The Kier molecular flexibility index (Phi) is 6.16. The SMILES string of the molecule is CC(=O)Nc1ccc(NC(=O)C2CCCN(c3cc(-n4nc(C)cc4C)ncn3)C2)cc1. The van der Waals surface area contributed by atoms with Gasteiger partial charge in [0.1, 0.15) is 12.1 Å². The minimum Gasteiger partial charge on any atom is -0.356 e. The number of hydrogen-bond acceptors (Lipinski definition) is 6. The fraction of sp³-hybridized carbons (Fsp3) is 0.348. The molecule has 0 spiro atoms. The van der Waals surface area contributed by atoms with Gasteiger partial charge in [-0.2, -0.15) is 5.10 Å². The van der Waals surface area contributed by atoms with Gasteiger partial charge < -0.3 is 15.5 Å². The molecule has 2 amide bonds. The molecule has 1 unspecified atom stereocenters. The Balaban J connectivity index is 1.43. The molecule has 9 heteroatoms. The monoisotopic (exact) mass is 433 g/mol. The van der Waals surface area contributed by atoms with Crippen molar-refractivity contribution in [2.24, 2.45) is 5.92 Å². The first kappa shape index (κ1) is 21.5. The van der Waals surface area contributed by atoms with E-state index in [9.17, 15) is 9.59 Å². The summed E-state index contributed by atoms with van der Waals surface area (Å²) in [6, 6.07) is 11.0. The van der Waals surface area contributed by atoms with E-state index in [-0.39, 0.29) is 17.7 Å². The lowest BCUT2D eigenvalue weighted by Gasteiger charge is -2.33. The molecule has 1 aromatic carbocycles. The lowest BCUT2D eigenvalue weighted by molar-refractivity contribution is -0.120. The van der Waals surface area contributed by atoms with Gasteiger partial charge >= 0.3 is 0 Å². The van der Waals surface area contributed by atoms with Gasteiger partial charge in [-0.15, -0.1) is 0 Å². The summed E-state index contributed by atoms with van der Waals surface area (Å²) in [6.07, 6.45) is 3.27. The van der Waals surface area contributed by atoms with Crippen LogP contribution < -0.4 is 15.5 Å². The first-order valence-corrected chi connectivity index (χ1v) is 10.7.